The highest BCUT2D eigenvalue weighted by Crippen LogP contribution is 2.37. The van der Waals surface area contributed by atoms with Crippen LogP contribution < -0.4 is 10.1 Å². The van der Waals surface area contributed by atoms with E-state index in [4.69, 9.17) is 4.74 Å². The number of aromatic hydroxyl groups is 1. The number of phenolic OH excluding ortho intramolecular Hbond substituents is 1. The molecule has 0 radical (unpaired) electrons. The largest absolute Gasteiger partial charge is 0.507 e. The second kappa shape index (κ2) is 15.8. The van der Waals surface area contributed by atoms with Gasteiger partial charge in [0.1, 0.15) is 11.5 Å². The van der Waals surface area contributed by atoms with Crippen molar-refractivity contribution in [1.29, 1.82) is 0 Å². The van der Waals surface area contributed by atoms with Crippen LogP contribution in [0.25, 0.3) is 0 Å². The molecule has 1 amide bonds. The van der Waals surface area contributed by atoms with E-state index in [0.717, 1.165) is 62.5 Å². The van der Waals surface area contributed by atoms with Crippen LogP contribution in [0.2, 0.25) is 0 Å². The van der Waals surface area contributed by atoms with Crippen LogP contribution in [0.5, 0.6) is 11.5 Å². The van der Waals surface area contributed by atoms with E-state index in [1.807, 2.05) is 13.0 Å². The standard InChI is InChI=1S/C34H44F2N5O5P/c1-5-22(2)30(19-23(3)32(37-4)29-13-8-24(20-31(29)42)34(35,36)47)38-25-7-6-16-40(21-25)26-14-17-39(18-15-26)33(43)46-28-11-9-27(10-12-28)41(44)45/h8-13,19-20,25-26,38,42H,5-7,14-18,21,47H2,1-4H3/b23-19-,30-22-,37-32?. The fourth-order valence-corrected chi connectivity index (χ4v) is 6.28. The van der Waals surface area contributed by atoms with Crippen molar-refractivity contribution in [1.82, 2.24) is 15.1 Å². The van der Waals surface area contributed by atoms with Crippen molar-refractivity contribution in [3.05, 3.63) is 86.6 Å². The van der Waals surface area contributed by atoms with Gasteiger partial charge in [-0.2, -0.15) is 8.78 Å². The number of piperidine rings is 2. The molecule has 10 nitrogen and oxygen atoms in total. The van der Waals surface area contributed by atoms with Gasteiger partial charge in [0.25, 0.3) is 11.4 Å². The molecule has 2 aliphatic heterocycles. The van der Waals surface area contributed by atoms with Gasteiger partial charge in [0.05, 0.1) is 10.6 Å². The molecule has 0 saturated carbocycles. The molecular weight excluding hydrogens is 627 g/mol. The van der Waals surface area contributed by atoms with Gasteiger partial charge in [-0.05, 0) is 88.4 Å². The van der Waals surface area contributed by atoms with E-state index in [-0.39, 0.29) is 28.8 Å². The first kappa shape index (κ1) is 36.0. The molecule has 0 aromatic heterocycles. The molecule has 2 atom stereocenters. The van der Waals surface area contributed by atoms with Crippen LogP contribution >= 0.6 is 9.24 Å². The van der Waals surface area contributed by atoms with Gasteiger partial charge in [-0.3, -0.25) is 20.0 Å². The summed E-state index contributed by atoms with van der Waals surface area (Å²) in [6.07, 6.45) is 6.07. The van der Waals surface area contributed by atoms with Crippen LogP contribution in [0.15, 0.2) is 70.4 Å². The molecule has 2 aromatic rings. The zero-order valence-corrected chi connectivity index (χ0v) is 28.5. The summed E-state index contributed by atoms with van der Waals surface area (Å²) in [5.41, 5.74) is 0.355. The average Bonchev–Trinajstić information content (AvgIpc) is 3.05. The molecule has 2 aromatic carbocycles. The highest BCUT2D eigenvalue weighted by atomic mass is 31.0. The summed E-state index contributed by atoms with van der Waals surface area (Å²) in [5, 5.41) is 25.3. The predicted octanol–water partition coefficient (Wildman–Crippen LogP) is 6.99. The first-order valence-electron chi connectivity index (χ1n) is 15.9. The molecule has 2 aliphatic rings. The lowest BCUT2D eigenvalue weighted by Crippen LogP contribution is -2.53. The van der Waals surface area contributed by atoms with E-state index >= 15 is 0 Å². The number of non-ortho nitro benzene ring substituents is 1. The number of hydrogen-bond acceptors (Lipinski definition) is 8. The Morgan fingerprint density at radius 1 is 1.17 bits per heavy atom. The van der Waals surface area contributed by atoms with Crippen molar-refractivity contribution in [3.63, 3.8) is 0 Å². The molecule has 2 unspecified atom stereocenters. The number of likely N-dealkylation sites (tertiary alicyclic amines) is 2. The highest BCUT2D eigenvalue weighted by Gasteiger charge is 2.31. The molecule has 2 N–H and O–H groups in total. The van der Waals surface area contributed by atoms with Crippen molar-refractivity contribution in [3.8, 4) is 11.5 Å². The fourth-order valence-electron chi connectivity index (χ4n) is 6.10. The van der Waals surface area contributed by atoms with E-state index in [1.165, 1.54) is 51.2 Å². The number of nitro groups is 1. The lowest BCUT2D eigenvalue weighted by Gasteiger charge is -2.42. The van der Waals surface area contributed by atoms with Gasteiger partial charge < -0.3 is 20.1 Å². The number of amides is 1. The quantitative estimate of drug-likeness (QED) is 0.0919. The van der Waals surface area contributed by atoms with E-state index in [1.54, 1.807) is 11.9 Å². The number of alkyl halides is 2. The molecule has 254 valence electrons. The number of carbonyl (C=O) groups excluding carboxylic acids is 1. The Bertz CT molecular complexity index is 1530. The number of nitro benzene ring substituents is 1. The van der Waals surface area contributed by atoms with E-state index in [9.17, 15) is 28.8 Å². The molecule has 2 fully saturated rings. The average molecular weight is 672 g/mol. The minimum atomic E-state index is -3.14. The molecule has 2 heterocycles. The summed E-state index contributed by atoms with van der Waals surface area (Å²) >= 11 is 0. The maximum absolute atomic E-state index is 13.8. The Kier molecular flexibility index (Phi) is 12.1. The summed E-state index contributed by atoms with van der Waals surface area (Å²) in [6, 6.07) is 9.87. The van der Waals surface area contributed by atoms with Crippen molar-refractivity contribution in [2.24, 2.45) is 4.99 Å². The Morgan fingerprint density at radius 3 is 2.43 bits per heavy atom. The second-order valence-corrected chi connectivity index (χ2v) is 12.8. The Labute approximate surface area is 276 Å². The van der Waals surface area contributed by atoms with Crippen LogP contribution in [-0.2, 0) is 5.66 Å². The molecule has 4 rings (SSSR count). The number of hydrogen-bond donors (Lipinski definition) is 2. The highest BCUT2D eigenvalue weighted by molar-refractivity contribution is 7.17. The topological polar surface area (TPSA) is 121 Å². The molecule has 0 spiro atoms. The molecule has 47 heavy (non-hydrogen) atoms. The smallest absolute Gasteiger partial charge is 0.415 e. The third kappa shape index (κ3) is 9.35. The second-order valence-electron chi connectivity index (χ2n) is 12.1. The monoisotopic (exact) mass is 671 g/mol. The molecule has 0 bridgehead atoms. The SMILES string of the molecule is CC/C(C)=C(/C=C(/C)C(=NC)c1ccc(C(F)(F)P)cc1O)NC1CCCN(C2CCN(C(=O)Oc3ccc([N+](=O)[O-])cc3)CC2)C1. The lowest BCUT2D eigenvalue weighted by atomic mass is 9.96. The van der Waals surface area contributed by atoms with Gasteiger partial charge >= 0.3 is 6.09 Å². The summed E-state index contributed by atoms with van der Waals surface area (Å²) in [4.78, 5) is 31.7. The minimum absolute atomic E-state index is 0.0628. The number of ether oxygens (including phenoxy) is 1. The van der Waals surface area contributed by atoms with Crippen molar-refractivity contribution in [2.45, 2.75) is 70.6 Å². The lowest BCUT2D eigenvalue weighted by molar-refractivity contribution is -0.384. The maximum atomic E-state index is 13.8. The van der Waals surface area contributed by atoms with Crippen molar-refractivity contribution < 1.29 is 28.3 Å². The Balaban J connectivity index is 1.37. The molecular formula is C34H44F2N5O5P. The van der Waals surface area contributed by atoms with Crippen LogP contribution in [-0.4, -0.2) is 76.9 Å². The summed E-state index contributed by atoms with van der Waals surface area (Å²) in [6.45, 7) is 9.03. The van der Waals surface area contributed by atoms with Gasteiger partial charge in [0.2, 0.25) is 0 Å². The number of nitrogens with one attached hydrogen (secondary N) is 1. The first-order chi connectivity index (χ1) is 22.3. The number of rotatable bonds is 10. The number of allylic oxidation sites excluding steroid dienone is 3. The third-order valence-electron chi connectivity index (χ3n) is 8.89. The van der Waals surface area contributed by atoms with Gasteiger partial charge in [-0.25, -0.2) is 4.79 Å². The Morgan fingerprint density at radius 2 is 1.85 bits per heavy atom. The summed E-state index contributed by atoms with van der Waals surface area (Å²) in [5.74, 6) is 0.0211. The van der Waals surface area contributed by atoms with Crippen molar-refractivity contribution in [2.75, 3.05) is 33.2 Å². The zero-order valence-electron chi connectivity index (χ0n) is 27.3. The normalized spacial score (nSPS) is 19.3. The van der Waals surface area contributed by atoms with Gasteiger partial charge in [0, 0.05) is 67.7 Å². The van der Waals surface area contributed by atoms with Crippen molar-refractivity contribution >= 4 is 26.7 Å². The number of benzene rings is 2. The maximum Gasteiger partial charge on any atom is 0.415 e. The Hall–Kier alpha value is -3.89. The van der Waals surface area contributed by atoms with Gasteiger partial charge in [0.15, 0.2) is 0 Å². The van der Waals surface area contributed by atoms with E-state index in [2.05, 4.69) is 29.1 Å². The van der Waals surface area contributed by atoms with Crippen LogP contribution in [0.3, 0.4) is 0 Å². The number of phenols is 1. The van der Waals surface area contributed by atoms with Crippen LogP contribution in [0, 0.1) is 10.1 Å². The van der Waals surface area contributed by atoms with E-state index in [0.29, 0.717) is 30.4 Å². The van der Waals surface area contributed by atoms with E-state index < -0.39 is 16.7 Å². The summed E-state index contributed by atoms with van der Waals surface area (Å²) in [7, 11) is 3.11. The van der Waals surface area contributed by atoms with Gasteiger partial charge in [-0.1, -0.05) is 27.8 Å². The number of aliphatic imine (C=N–C) groups is 1. The fraction of sp³-hybridized carbons (Fsp3) is 0.471. The predicted molar refractivity (Wildman–Crippen MR) is 182 cm³/mol. The number of halogens is 2. The zero-order chi connectivity index (χ0) is 34.3. The van der Waals surface area contributed by atoms with Crippen LogP contribution in [0.4, 0.5) is 19.3 Å². The molecule has 2 saturated heterocycles. The summed E-state index contributed by atoms with van der Waals surface area (Å²) < 4.78 is 33.0. The number of nitrogens with zero attached hydrogens (tertiary/aromatic N) is 4. The molecule has 0 aliphatic carbocycles. The number of carbonyl (C=O) groups is 1. The minimum Gasteiger partial charge on any atom is -0.507 e. The third-order valence-corrected chi connectivity index (χ3v) is 9.22. The van der Waals surface area contributed by atoms with Crippen LogP contribution in [0.1, 0.15) is 64.0 Å². The first-order valence-corrected chi connectivity index (χ1v) is 16.5. The molecule has 13 heteroatoms. The van der Waals surface area contributed by atoms with Gasteiger partial charge in [-0.15, -0.1) is 0 Å².